The number of aromatic nitrogens is 4. The average Bonchev–Trinajstić information content (AvgIpc) is 3.25. The van der Waals surface area contributed by atoms with Crippen LogP contribution >= 0.6 is 11.3 Å². The number of benzene rings is 1. The molecule has 2 N–H and O–H groups in total. The molecular formula is C15H16N6OS. The molecule has 0 aliphatic heterocycles. The number of nitrogens with zero attached hydrogens (tertiary/aromatic N) is 4. The van der Waals surface area contributed by atoms with Crippen LogP contribution in [0.25, 0.3) is 5.69 Å². The van der Waals surface area contributed by atoms with Gasteiger partial charge in [0, 0.05) is 13.1 Å². The van der Waals surface area contributed by atoms with E-state index < -0.39 is 0 Å². The van der Waals surface area contributed by atoms with E-state index in [4.69, 9.17) is 0 Å². The van der Waals surface area contributed by atoms with Crippen LogP contribution in [-0.2, 0) is 6.54 Å². The fourth-order valence-electron chi connectivity index (χ4n) is 2.03. The predicted molar refractivity (Wildman–Crippen MR) is 88.8 cm³/mol. The van der Waals surface area contributed by atoms with Gasteiger partial charge in [0.05, 0.1) is 11.9 Å². The third kappa shape index (κ3) is 3.72. The molecule has 0 fully saturated rings. The maximum Gasteiger partial charge on any atom is 0.263 e. The van der Waals surface area contributed by atoms with Crippen molar-refractivity contribution in [2.45, 2.75) is 13.5 Å². The van der Waals surface area contributed by atoms with Crippen molar-refractivity contribution in [3.63, 3.8) is 0 Å². The van der Waals surface area contributed by atoms with Gasteiger partial charge in [-0.2, -0.15) is 5.10 Å². The molecule has 1 aromatic carbocycles. The van der Waals surface area contributed by atoms with Crippen LogP contribution in [0.4, 0.5) is 5.13 Å². The van der Waals surface area contributed by atoms with E-state index in [2.05, 4.69) is 25.7 Å². The van der Waals surface area contributed by atoms with E-state index in [1.807, 2.05) is 31.2 Å². The molecule has 1 amide bonds. The number of thiazole rings is 1. The van der Waals surface area contributed by atoms with Gasteiger partial charge in [0.15, 0.2) is 5.13 Å². The van der Waals surface area contributed by atoms with Crippen molar-refractivity contribution in [3.8, 4) is 5.69 Å². The van der Waals surface area contributed by atoms with Crippen LogP contribution in [0.15, 0.2) is 43.1 Å². The molecule has 7 nitrogen and oxygen atoms in total. The van der Waals surface area contributed by atoms with Crippen LogP contribution in [0.5, 0.6) is 0 Å². The summed E-state index contributed by atoms with van der Waals surface area (Å²) in [6.45, 7) is 3.21. The number of anilines is 1. The minimum Gasteiger partial charge on any atom is -0.362 e. The Bertz CT molecular complexity index is 783. The number of hydrogen-bond acceptors (Lipinski definition) is 6. The summed E-state index contributed by atoms with van der Waals surface area (Å²) in [7, 11) is 0. The number of rotatable bonds is 6. The highest BCUT2D eigenvalue weighted by molar-refractivity contribution is 7.17. The lowest BCUT2D eigenvalue weighted by molar-refractivity contribution is 0.0954. The van der Waals surface area contributed by atoms with E-state index in [0.29, 0.717) is 11.4 Å². The summed E-state index contributed by atoms with van der Waals surface area (Å²) in [6, 6.07) is 7.78. The van der Waals surface area contributed by atoms with Crippen LogP contribution < -0.4 is 10.6 Å². The third-order valence-corrected chi connectivity index (χ3v) is 4.06. The zero-order valence-electron chi connectivity index (χ0n) is 12.6. The smallest absolute Gasteiger partial charge is 0.263 e. The largest absolute Gasteiger partial charge is 0.362 e. The Morgan fingerprint density at radius 1 is 1.39 bits per heavy atom. The molecule has 0 saturated heterocycles. The molecule has 3 rings (SSSR count). The van der Waals surface area contributed by atoms with Crippen LogP contribution in [0.1, 0.15) is 22.2 Å². The molecule has 0 bridgehead atoms. The van der Waals surface area contributed by atoms with Gasteiger partial charge in [-0.1, -0.05) is 23.5 Å². The summed E-state index contributed by atoms with van der Waals surface area (Å²) in [5.41, 5.74) is 1.89. The van der Waals surface area contributed by atoms with Gasteiger partial charge in [0.1, 0.15) is 17.5 Å². The summed E-state index contributed by atoms with van der Waals surface area (Å²) in [6.07, 6.45) is 4.71. The normalized spacial score (nSPS) is 10.5. The lowest BCUT2D eigenvalue weighted by Crippen LogP contribution is -2.21. The van der Waals surface area contributed by atoms with E-state index in [1.165, 1.54) is 17.7 Å². The molecule has 2 aromatic heterocycles. The zero-order chi connectivity index (χ0) is 16.1. The standard InChI is InChI=1S/C15H16N6OS/c1-2-17-15-19-8-13(23-15)14(22)18-7-11-4-3-5-12(6-11)21-10-16-9-20-21/h3-6,8-10H,2,7H2,1H3,(H,17,19)(H,18,22). The van der Waals surface area contributed by atoms with E-state index in [1.54, 1.807) is 17.2 Å². The summed E-state index contributed by atoms with van der Waals surface area (Å²) < 4.78 is 1.68. The number of amides is 1. The van der Waals surface area contributed by atoms with Crippen LogP contribution in [-0.4, -0.2) is 32.2 Å². The van der Waals surface area contributed by atoms with Gasteiger partial charge in [-0.3, -0.25) is 4.79 Å². The Labute approximate surface area is 137 Å². The van der Waals surface area contributed by atoms with E-state index in [0.717, 1.165) is 22.9 Å². The molecular weight excluding hydrogens is 312 g/mol. The maximum atomic E-state index is 12.2. The molecule has 0 atom stereocenters. The SMILES string of the molecule is CCNc1ncc(C(=O)NCc2cccc(-n3cncn3)c2)s1. The maximum absolute atomic E-state index is 12.2. The molecule has 2 heterocycles. The fourth-order valence-corrected chi connectivity index (χ4v) is 2.83. The summed E-state index contributed by atoms with van der Waals surface area (Å²) in [5.74, 6) is -0.127. The fraction of sp³-hybridized carbons (Fsp3) is 0.200. The quantitative estimate of drug-likeness (QED) is 0.724. The highest BCUT2D eigenvalue weighted by Gasteiger charge is 2.10. The molecule has 0 saturated carbocycles. The van der Waals surface area contributed by atoms with E-state index in [9.17, 15) is 4.79 Å². The highest BCUT2D eigenvalue weighted by Crippen LogP contribution is 2.17. The van der Waals surface area contributed by atoms with Crippen LogP contribution in [0.2, 0.25) is 0 Å². The van der Waals surface area contributed by atoms with Crippen molar-refractivity contribution in [1.29, 1.82) is 0 Å². The Morgan fingerprint density at radius 2 is 2.30 bits per heavy atom. The second-order valence-corrected chi connectivity index (χ2v) is 5.78. The minimum absolute atomic E-state index is 0.127. The summed E-state index contributed by atoms with van der Waals surface area (Å²) >= 11 is 1.35. The van der Waals surface area contributed by atoms with Crippen molar-refractivity contribution < 1.29 is 4.79 Å². The Balaban J connectivity index is 1.63. The first-order valence-corrected chi connectivity index (χ1v) is 7.99. The molecule has 0 unspecified atom stereocenters. The number of hydrogen-bond donors (Lipinski definition) is 2. The van der Waals surface area contributed by atoms with Crippen molar-refractivity contribution in [2.75, 3.05) is 11.9 Å². The van der Waals surface area contributed by atoms with Crippen molar-refractivity contribution >= 4 is 22.4 Å². The second kappa shape index (κ2) is 7.01. The monoisotopic (exact) mass is 328 g/mol. The third-order valence-electron chi connectivity index (χ3n) is 3.10. The first-order valence-electron chi connectivity index (χ1n) is 7.18. The summed E-state index contributed by atoms with van der Waals surface area (Å²) in [4.78, 5) is 20.8. The van der Waals surface area contributed by atoms with Crippen molar-refractivity contribution in [1.82, 2.24) is 25.1 Å². The van der Waals surface area contributed by atoms with Crippen LogP contribution in [0.3, 0.4) is 0 Å². The van der Waals surface area contributed by atoms with Gasteiger partial charge in [-0.25, -0.2) is 14.6 Å². The Kier molecular flexibility index (Phi) is 4.62. The zero-order valence-corrected chi connectivity index (χ0v) is 13.4. The lowest BCUT2D eigenvalue weighted by atomic mass is 10.2. The average molecular weight is 328 g/mol. The lowest BCUT2D eigenvalue weighted by Gasteiger charge is -2.06. The predicted octanol–water partition coefficient (Wildman–Crippen LogP) is 2.09. The second-order valence-electron chi connectivity index (χ2n) is 4.75. The van der Waals surface area contributed by atoms with Gasteiger partial charge in [-0.15, -0.1) is 0 Å². The number of carbonyl (C=O) groups is 1. The van der Waals surface area contributed by atoms with E-state index in [-0.39, 0.29) is 5.91 Å². The van der Waals surface area contributed by atoms with Crippen molar-refractivity contribution in [3.05, 3.63) is 53.6 Å². The molecule has 8 heteroatoms. The molecule has 0 radical (unpaired) electrons. The molecule has 118 valence electrons. The molecule has 0 spiro atoms. The molecule has 0 aliphatic carbocycles. The van der Waals surface area contributed by atoms with Gasteiger partial charge in [0.2, 0.25) is 0 Å². The van der Waals surface area contributed by atoms with Crippen LogP contribution in [0, 0.1) is 0 Å². The van der Waals surface area contributed by atoms with Gasteiger partial charge in [0.25, 0.3) is 5.91 Å². The van der Waals surface area contributed by atoms with Gasteiger partial charge >= 0.3 is 0 Å². The first kappa shape index (κ1) is 15.2. The van der Waals surface area contributed by atoms with Gasteiger partial charge in [-0.05, 0) is 24.6 Å². The van der Waals surface area contributed by atoms with Crippen molar-refractivity contribution in [2.24, 2.45) is 0 Å². The minimum atomic E-state index is -0.127. The molecule has 23 heavy (non-hydrogen) atoms. The highest BCUT2D eigenvalue weighted by atomic mass is 32.1. The first-order chi connectivity index (χ1) is 11.3. The Morgan fingerprint density at radius 3 is 3.09 bits per heavy atom. The topological polar surface area (TPSA) is 84.7 Å². The number of carbonyl (C=O) groups excluding carboxylic acids is 1. The summed E-state index contributed by atoms with van der Waals surface area (Å²) in [5, 5.41) is 10.8. The number of nitrogens with one attached hydrogen (secondary N) is 2. The molecule has 0 aliphatic rings. The Hall–Kier alpha value is -2.74. The van der Waals surface area contributed by atoms with E-state index >= 15 is 0 Å². The van der Waals surface area contributed by atoms with Gasteiger partial charge < -0.3 is 10.6 Å². The molecule has 3 aromatic rings.